The number of rotatable bonds is 9. The molecular weight excluding hydrogens is 411 g/mol. The van der Waals surface area contributed by atoms with Crippen LogP contribution in [0.25, 0.3) is 16.9 Å². The van der Waals surface area contributed by atoms with Crippen LogP contribution in [-0.4, -0.2) is 53.1 Å². The van der Waals surface area contributed by atoms with Gasteiger partial charge < -0.3 is 9.64 Å². The molecule has 0 atom stereocenters. The van der Waals surface area contributed by atoms with E-state index < -0.39 is 0 Å². The molecule has 1 aliphatic rings. The molecule has 1 aromatic heterocycles. The van der Waals surface area contributed by atoms with Crippen molar-refractivity contribution in [2.45, 2.75) is 12.8 Å². The Morgan fingerprint density at radius 2 is 1.88 bits per heavy atom. The van der Waals surface area contributed by atoms with Crippen LogP contribution in [0.5, 0.6) is 0 Å². The average molecular weight is 436 g/mol. The second-order valence-electron chi connectivity index (χ2n) is 7.74. The van der Waals surface area contributed by atoms with E-state index in [1.165, 1.54) is 17.0 Å². The monoisotopic (exact) mass is 436 g/mol. The number of hydrogen-bond acceptors (Lipinski definition) is 4. The lowest BCUT2D eigenvalue weighted by atomic mass is 10.2. The van der Waals surface area contributed by atoms with Crippen molar-refractivity contribution in [3.8, 4) is 16.9 Å². The van der Waals surface area contributed by atoms with E-state index in [9.17, 15) is 14.0 Å². The van der Waals surface area contributed by atoms with Crippen LogP contribution in [0.2, 0.25) is 0 Å². The predicted molar refractivity (Wildman–Crippen MR) is 119 cm³/mol. The lowest BCUT2D eigenvalue weighted by Crippen LogP contribution is -2.41. The number of amides is 2. The van der Waals surface area contributed by atoms with Crippen LogP contribution < -0.4 is 5.32 Å². The Labute approximate surface area is 185 Å². The van der Waals surface area contributed by atoms with Gasteiger partial charge in [-0.25, -0.2) is 9.37 Å². The molecule has 0 spiro atoms. The molecule has 1 fully saturated rings. The number of aromatic nitrogens is 2. The lowest BCUT2D eigenvalue weighted by molar-refractivity contribution is -0.136. The Morgan fingerprint density at radius 3 is 2.53 bits per heavy atom. The zero-order valence-electron chi connectivity index (χ0n) is 17.8. The van der Waals surface area contributed by atoms with Gasteiger partial charge in [0.15, 0.2) is 0 Å². The maximum absolute atomic E-state index is 13.4. The third kappa shape index (κ3) is 5.20. The van der Waals surface area contributed by atoms with Gasteiger partial charge in [0, 0.05) is 37.0 Å². The molecule has 0 radical (unpaired) electrons. The van der Waals surface area contributed by atoms with Gasteiger partial charge >= 0.3 is 0 Å². The summed E-state index contributed by atoms with van der Waals surface area (Å²) in [5.74, 6) is -0.431. The van der Waals surface area contributed by atoms with E-state index in [4.69, 9.17) is 4.74 Å². The van der Waals surface area contributed by atoms with Gasteiger partial charge in [-0.05, 0) is 37.1 Å². The highest BCUT2D eigenvalue weighted by molar-refractivity contribution is 5.94. The molecule has 0 bridgehead atoms. The van der Waals surface area contributed by atoms with Crippen LogP contribution in [0, 0.1) is 11.7 Å². The second kappa shape index (κ2) is 9.74. The number of methoxy groups -OCH3 is 1. The van der Waals surface area contributed by atoms with Gasteiger partial charge in [0.25, 0.3) is 0 Å². The zero-order valence-corrected chi connectivity index (χ0v) is 17.8. The van der Waals surface area contributed by atoms with Crippen molar-refractivity contribution >= 4 is 17.8 Å². The molecule has 8 heteroatoms. The fraction of sp³-hybridized carbons (Fsp3) is 0.292. The van der Waals surface area contributed by atoms with E-state index in [2.05, 4.69) is 10.3 Å². The summed E-state index contributed by atoms with van der Waals surface area (Å²) in [6.45, 7) is 0.616. The van der Waals surface area contributed by atoms with E-state index in [0.29, 0.717) is 30.5 Å². The molecule has 2 amide bonds. The quantitative estimate of drug-likeness (QED) is 0.557. The van der Waals surface area contributed by atoms with Crippen LogP contribution in [-0.2, 0) is 14.3 Å². The van der Waals surface area contributed by atoms with E-state index in [0.717, 1.165) is 18.4 Å². The van der Waals surface area contributed by atoms with Crippen LogP contribution in [0.3, 0.4) is 0 Å². The summed E-state index contributed by atoms with van der Waals surface area (Å²) in [7, 11) is 1.56. The summed E-state index contributed by atoms with van der Waals surface area (Å²) < 4.78 is 20.2. The number of imidazole rings is 1. The number of carbonyl (C=O) groups is 2. The highest BCUT2D eigenvalue weighted by Gasteiger charge is 2.34. The smallest absolute Gasteiger partial charge is 0.246 e. The Kier molecular flexibility index (Phi) is 6.61. The fourth-order valence-corrected chi connectivity index (χ4v) is 3.41. The van der Waals surface area contributed by atoms with Crippen molar-refractivity contribution in [2.24, 2.45) is 5.92 Å². The van der Waals surface area contributed by atoms with Crippen molar-refractivity contribution in [1.29, 1.82) is 0 Å². The minimum atomic E-state index is -0.358. The number of anilines is 1. The van der Waals surface area contributed by atoms with Gasteiger partial charge in [0.1, 0.15) is 12.4 Å². The first kappa shape index (κ1) is 21.7. The maximum atomic E-state index is 13.4. The average Bonchev–Trinajstić information content (AvgIpc) is 3.58. The van der Waals surface area contributed by atoms with Crippen molar-refractivity contribution in [3.05, 3.63) is 66.6 Å². The first-order valence-electron chi connectivity index (χ1n) is 10.5. The number of benzene rings is 2. The summed E-state index contributed by atoms with van der Waals surface area (Å²) in [5, 5.41) is 2.82. The third-order valence-electron chi connectivity index (χ3n) is 5.27. The minimum absolute atomic E-state index is 0.00513. The third-order valence-corrected chi connectivity index (χ3v) is 5.27. The zero-order chi connectivity index (χ0) is 22.5. The summed E-state index contributed by atoms with van der Waals surface area (Å²) in [5.41, 5.74) is 2.20. The van der Waals surface area contributed by atoms with Gasteiger partial charge in [0.2, 0.25) is 17.8 Å². The van der Waals surface area contributed by atoms with Gasteiger partial charge in [-0.2, -0.15) is 0 Å². The Balaban J connectivity index is 1.58. The molecule has 1 heterocycles. The molecule has 0 unspecified atom stereocenters. The molecule has 1 N–H and O–H groups in total. The van der Waals surface area contributed by atoms with Gasteiger partial charge in [-0.3, -0.25) is 19.5 Å². The summed E-state index contributed by atoms with van der Waals surface area (Å²) >= 11 is 0. The van der Waals surface area contributed by atoms with Crippen molar-refractivity contribution in [1.82, 2.24) is 14.5 Å². The summed E-state index contributed by atoms with van der Waals surface area (Å²) in [6, 6.07) is 15.5. The van der Waals surface area contributed by atoms with Crippen LogP contribution >= 0.6 is 0 Å². The fourth-order valence-electron chi connectivity index (χ4n) is 3.41. The highest BCUT2D eigenvalue weighted by Crippen LogP contribution is 2.31. The molecule has 32 heavy (non-hydrogen) atoms. The number of nitrogens with zero attached hydrogens (tertiary/aromatic N) is 3. The van der Waals surface area contributed by atoms with Gasteiger partial charge in [-0.15, -0.1) is 0 Å². The SMILES string of the molecule is COCCN(CC(=O)Nc1nc(-c2ccccc2)cn1-c1ccc(F)cc1)C(=O)C1CC1. The van der Waals surface area contributed by atoms with Crippen LogP contribution in [0.4, 0.5) is 10.3 Å². The Hall–Kier alpha value is -3.52. The molecule has 1 saturated carbocycles. The van der Waals surface area contributed by atoms with Gasteiger partial charge in [-0.1, -0.05) is 30.3 Å². The normalized spacial score (nSPS) is 13.1. The largest absolute Gasteiger partial charge is 0.383 e. The molecule has 3 aromatic rings. The van der Waals surface area contributed by atoms with Crippen molar-refractivity contribution in [2.75, 3.05) is 32.1 Å². The molecule has 4 rings (SSSR count). The van der Waals surface area contributed by atoms with Crippen molar-refractivity contribution in [3.63, 3.8) is 0 Å². The van der Waals surface area contributed by atoms with E-state index in [1.54, 1.807) is 30.0 Å². The molecule has 1 aliphatic carbocycles. The van der Waals surface area contributed by atoms with E-state index in [1.807, 2.05) is 30.3 Å². The second-order valence-corrected chi connectivity index (χ2v) is 7.74. The number of hydrogen-bond donors (Lipinski definition) is 1. The molecule has 7 nitrogen and oxygen atoms in total. The van der Waals surface area contributed by atoms with Crippen LogP contribution in [0.15, 0.2) is 60.8 Å². The topological polar surface area (TPSA) is 76.5 Å². The molecular formula is C24H25FN4O3. The first-order chi connectivity index (χ1) is 15.5. The molecule has 166 valence electrons. The number of carbonyl (C=O) groups excluding carboxylic acids is 2. The molecule has 0 saturated heterocycles. The van der Waals surface area contributed by atoms with E-state index in [-0.39, 0.29) is 30.1 Å². The van der Waals surface area contributed by atoms with E-state index >= 15 is 0 Å². The number of ether oxygens (including phenoxy) is 1. The maximum Gasteiger partial charge on any atom is 0.246 e. The first-order valence-corrected chi connectivity index (χ1v) is 10.5. The van der Waals surface area contributed by atoms with Crippen molar-refractivity contribution < 1.29 is 18.7 Å². The standard InChI is InChI=1S/C24H25FN4O3/c1-32-14-13-28(23(31)18-7-8-18)16-22(30)27-24-26-21(17-5-3-2-4-6-17)15-29(24)20-11-9-19(25)10-12-20/h2-6,9-12,15,18H,7-8,13-14,16H2,1H3,(H,26,27,30). The number of nitrogens with one attached hydrogen (secondary N) is 1. The summed E-state index contributed by atoms with van der Waals surface area (Å²) in [6.07, 6.45) is 3.51. The predicted octanol–water partition coefficient (Wildman–Crippen LogP) is 3.50. The Bertz CT molecular complexity index is 1080. The lowest BCUT2D eigenvalue weighted by Gasteiger charge is -2.21. The summed E-state index contributed by atoms with van der Waals surface area (Å²) in [4.78, 5) is 31.5. The minimum Gasteiger partial charge on any atom is -0.383 e. The number of halogens is 1. The Morgan fingerprint density at radius 1 is 1.16 bits per heavy atom. The van der Waals surface area contributed by atoms with Gasteiger partial charge in [0.05, 0.1) is 12.3 Å². The van der Waals surface area contributed by atoms with Crippen LogP contribution in [0.1, 0.15) is 12.8 Å². The molecule has 2 aromatic carbocycles. The highest BCUT2D eigenvalue weighted by atomic mass is 19.1. The molecule has 0 aliphatic heterocycles.